The van der Waals surface area contributed by atoms with Gasteiger partial charge in [0.2, 0.25) is 0 Å². The summed E-state index contributed by atoms with van der Waals surface area (Å²) in [5.74, 6) is 0.409. The molecule has 0 bridgehead atoms. The predicted molar refractivity (Wildman–Crippen MR) is 73.3 cm³/mol. The van der Waals surface area contributed by atoms with Crippen LogP contribution in [0.1, 0.15) is 0 Å². The molecule has 3 aromatic rings. The number of nitrogens with zero attached hydrogens (tertiary/aromatic N) is 4. The Balaban J connectivity index is 2.16. The standard InChI is InChI=1S/C11H6N4O2SSe/c16-15(17)7-5-12-11(13-6-7)14-10(18)8-3-1-2-4-9(8)19-14/h1-6H. The third-order valence-electron chi connectivity index (χ3n) is 2.51. The van der Waals surface area contributed by atoms with E-state index in [1.54, 1.807) is 0 Å². The Hall–Kier alpha value is -1.89. The first kappa shape index (κ1) is 12.2. The Labute approximate surface area is 118 Å². The number of hydrogen-bond donors (Lipinski definition) is 0. The van der Waals surface area contributed by atoms with Crippen LogP contribution in [-0.2, 0) is 0 Å². The van der Waals surface area contributed by atoms with Crippen molar-refractivity contribution in [2.45, 2.75) is 0 Å². The molecule has 0 unspecified atom stereocenters. The number of hydrogen-bond acceptors (Lipinski definition) is 5. The summed E-state index contributed by atoms with van der Waals surface area (Å²) in [5, 5.41) is 11.6. The first-order valence-corrected chi connectivity index (χ1v) is 7.28. The van der Waals surface area contributed by atoms with E-state index >= 15 is 0 Å². The van der Waals surface area contributed by atoms with Crippen LogP contribution in [0.2, 0.25) is 0 Å². The Bertz CT molecular complexity index is 825. The van der Waals surface area contributed by atoms with Crippen LogP contribution in [-0.4, -0.2) is 33.2 Å². The van der Waals surface area contributed by atoms with E-state index in [1.165, 1.54) is 16.7 Å². The second-order valence-corrected chi connectivity index (χ2v) is 6.14. The molecule has 0 fully saturated rings. The molecule has 8 heteroatoms. The molecule has 6 nitrogen and oxygen atoms in total. The molecular formula is C11H6N4O2SSe. The number of aromatic nitrogens is 3. The monoisotopic (exact) mass is 338 g/mol. The molecule has 0 saturated carbocycles. The van der Waals surface area contributed by atoms with Gasteiger partial charge in [-0.15, -0.1) is 0 Å². The fourth-order valence-electron chi connectivity index (χ4n) is 1.62. The van der Waals surface area contributed by atoms with Crippen molar-refractivity contribution in [3.63, 3.8) is 0 Å². The zero-order chi connectivity index (χ0) is 13.4. The molecule has 0 aliphatic rings. The quantitative estimate of drug-likeness (QED) is 0.310. The minimum absolute atomic E-state index is 0.0240. The topological polar surface area (TPSA) is 73.8 Å². The average molecular weight is 337 g/mol. The van der Waals surface area contributed by atoms with Crippen molar-refractivity contribution >= 4 is 42.3 Å². The van der Waals surface area contributed by atoms with E-state index in [0.717, 1.165) is 5.39 Å². The van der Waals surface area contributed by atoms with E-state index in [-0.39, 0.29) is 20.4 Å². The van der Waals surface area contributed by atoms with E-state index < -0.39 is 4.92 Å². The molecule has 0 atom stereocenters. The molecule has 2 heterocycles. The molecule has 0 aliphatic carbocycles. The van der Waals surface area contributed by atoms with Crippen LogP contribution in [0.4, 0.5) is 5.69 Å². The van der Waals surface area contributed by atoms with Crippen LogP contribution in [0.5, 0.6) is 0 Å². The zero-order valence-electron chi connectivity index (χ0n) is 9.39. The van der Waals surface area contributed by atoms with E-state index in [2.05, 4.69) is 9.97 Å². The van der Waals surface area contributed by atoms with Crippen molar-refractivity contribution < 1.29 is 4.92 Å². The van der Waals surface area contributed by atoms with Crippen molar-refractivity contribution in [1.82, 2.24) is 13.5 Å². The molecular weight excluding hydrogens is 331 g/mol. The van der Waals surface area contributed by atoms with Crippen LogP contribution >= 0.6 is 12.2 Å². The van der Waals surface area contributed by atoms with Crippen molar-refractivity contribution in [3.8, 4) is 5.95 Å². The second kappa shape index (κ2) is 4.65. The predicted octanol–water partition coefficient (Wildman–Crippen LogP) is 2.12. The van der Waals surface area contributed by atoms with Gasteiger partial charge in [-0.1, -0.05) is 0 Å². The second-order valence-electron chi connectivity index (χ2n) is 3.69. The molecule has 0 aliphatic heterocycles. The summed E-state index contributed by atoms with van der Waals surface area (Å²) in [5.41, 5.74) is -0.126. The van der Waals surface area contributed by atoms with Crippen LogP contribution in [0.15, 0.2) is 36.7 Å². The van der Waals surface area contributed by atoms with Gasteiger partial charge in [-0.3, -0.25) is 0 Å². The third kappa shape index (κ3) is 2.10. The van der Waals surface area contributed by atoms with E-state index in [4.69, 9.17) is 12.2 Å². The molecule has 19 heavy (non-hydrogen) atoms. The van der Waals surface area contributed by atoms with Crippen molar-refractivity contribution in [2.75, 3.05) is 0 Å². The van der Waals surface area contributed by atoms with E-state index in [9.17, 15) is 10.1 Å². The first-order chi connectivity index (χ1) is 9.16. The molecule has 94 valence electrons. The van der Waals surface area contributed by atoms with Crippen LogP contribution < -0.4 is 0 Å². The molecule has 1 aromatic carbocycles. The first-order valence-electron chi connectivity index (χ1n) is 5.25. The maximum atomic E-state index is 10.6. The SMILES string of the molecule is O=[N+]([O-])c1cnc(-n2[se]c3ccccc3c2=S)nc1. The fraction of sp³-hybridized carbons (Fsp3) is 0. The Morgan fingerprint density at radius 1 is 1.26 bits per heavy atom. The number of nitro groups is 1. The summed E-state index contributed by atoms with van der Waals surface area (Å²) in [7, 11) is 0. The Kier molecular flexibility index (Phi) is 2.98. The number of benzene rings is 1. The summed E-state index contributed by atoms with van der Waals surface area (Å²) in [6, 6.07) is 7.88. The Morgan fingerprint density at radius 2 is 1.95 bits per heavy atom. The van der Waals surface area contributed by atoms with E-state index in [1.807, 2.05) is 27.8 Å². The molecule has 2 aromatic heterocycles. The van der Waals surface area contributed by atoms with Gasteiger partial charge in [-0.25, -0.2) is 0 Å². The van der Waals surface area contributed by atoms with Crippen molar-refractivity contribution in [2.24, 2.45) is 0 Å². The summed E-state index contributed by atoms with van der Waals surface area (Å²) >= 11 is 5.37. The molecule has 0 spiro atoms. The summed E-state index contributed by atoms with van der Waals surface area (Å²) in [6.45, 7) is 0. The zero-order valence-corrected chi connectivity index (χ0v) is 11.9. The van der Waals surface area contributed by atoms with Crippen molar-refractivity contribution in [1.29, 1.82) is 0 Å². The molecule has 3 rings (SSSR count). The van der Waals surface area contributed by atoms with Crippen LogP contribution in [0, 0.1) is 14.8 Å². The fourth-order valence-corrected chi connectivity index (χ4v) is 4.22. The van der Waals surface area contributed by atoms with Crippen LogP contribution in [0.25, 0.3) is 15.6 Å². The molecule has 0 N–H and O–H groups in total. The minimum atomic E-state index is -0.522. The van der Waals surface area contributed by atoms with Gasteiger partial charge in [-0.2, -0.15) is 0 Å². The summed E-state index contributed by atoms with van der Waals surface area (Å²) in [4.78, 5) is 18.1. The van der Waals surface area contributed by atoms with Crippen molar-refractivity contribution in [3.05, 3.63) is 51.4 Å². The Morgan fingerprint density at radius 3 is 2.58 bits per heavy atom. The normalized spacial score (nSPS) is 10.7. The van der Waals surface area contributed by atoms with Gasteiger partial charge in [-0.05, 0) is 0 Å². The van der Waals surface area contributed by atoms with E-state index in [0.29, 0.717) is 10.6 Å². The van der Waals surface area contributed by atoms with Gasteiger partial charge in [0, 0.05) is 0 Å². The summed E-state index contributed by atoms with van der Waals surface area (Å²) < 4.78 is 3.67. The van der Waals surface area contributed by atoms with Gasteiger partial charge < -0.3 is 0 Å². The van der Waals surface area contributed by atoms with Gasteiger partial charge in [0.05, 0.1) is 0 Å². The maximum absolute atomic E-state index is 10.6. The third-order valence-corrected chi connectivity index (χ3v) is 5.44. The summed E-state index contributed by atoms with van der Waals surface area (Å²) in [6.07, 6.45) is 2.40. The van der Waals surface area contributed by atoms with Gasteiger partial charge >= 0.3 is 118 Å². The van der Waals surface area contributed by atoms with Crippen LogP contribution in [0.3, 0.4) is 0 Å². The number of rotatable bonds is 2. The molecule has 0 radical (unpaired) electrons. The van der Waals surface area contributed by atoms with Gasteiger partial charge in [0.25, 0.3) is 0 Å². The molecule has 0 saturated heterocycles. The van der Waals surface area contributed by atoms with Gasteiger partial charge in [0.15, 0.2) is 0 Å². The number of fused-ring (bicyclic) bond motifs is 1. The average Bonchev–Trinajstić information content (AvgIpc) is 2.77. The molecule has 0 amide bonds. The van der Waals surface area contributed by atoms with Gasteiger partial charge in [0.1, 0.15) is 0 Å².